The monoisotopic (exact) mass is 808 g/mol. The van der Waals surface area contributed by atoms with Gasteiger partial charge in [-0.15, -0.1) is 0 Å². The zero-order chi connectivity index (χ0) is 41.4. The Balaban J connectivity index is 0.920. The topological polar surface area (TPSA) is 100 Å². The molecule has 0 atom stereocenters. The summed E-state index contributed by atoms with van der Waals surface area (Å²) in [6, 6.07) is 60.2. The highest BCUT2D eigenvalue weighted by atomic mass is 16.3. The van der Waals surface area contributed by atoms with Crippen LogP contribution >= 0.6 is 0 Å². The van der Waals surface area contributed by atoms with Crippen molar-refractivity contribution in [1.82, 2.24) is 39.0 Å². The number of furan rings is 1. The van der Waals surface area contributed by atoms with Gasteiger partial charge >= 0.3 is 0 Å². The van der Waals surface area contributed by atoms with Crippen LogP contribution in [0.1, 0.15) is 0 Å². The summed E-state index contributed by atoms with van der Waals surface area (Å²) in [6.45, 7) is 0. The molecule has 6 heterocycles. The molecule has 0 saturated heterocycles. The second-order valence-corrected chi connectivity index (χ2v) is 15.6. The van der Waals surface area contributed by atoms with Gasteiger partial charge in [-0.25, -0.2) is 9.97 Å². The van der Waals surface area contributed by atoms with Gasteiger partial charge in [0.15, 0.2) is 17.2 Å². The SMILES string of the molecule is c1ccc(-c2nc(-c3ccccc3)nc(-n3c4ccccc4c4cc(-c5cncc(-c6ccc7c(c6)c6ccccc6n7-c6ccc7oc8cccnc8c7c6)n5)ccc43)n2)cc1. The minimum absolute atomic E-state index is 0.549. The summed E-state index contributed by atoms with van der Waals surface area (Å²) in [5.74, 6) is 1.77. The van der Waals surface area contributed by atoms with Gasteiger partial charge in [0.05, 0.1) is 45.8 Å². The standard InChI is InChI=1S/C54H32N8O/c1-3-12-33(13-4-1)52-58-53(34-14-5-2-6-15-34)60-54(59-52)62-46-19-10-8-17-39(46)41-29-36(22-25-48(41)62)44-32-55-31-43(57-44)35-21-24-47-40(28-35)38-16-7-9-18-45(38)61(47)37-23-26-49-42(30-37)51-50(63-49)20-11-27-56-51/h1-32H. The predicted octanol–water partition coefficient (Wildman–Crippen LogP) is 12.8. The molecule has 7 aromatic carbocycles. The Labute approximate surface area is 359 Å². The van der Waals surface area contributed by atoms with E-state index in [0.29, 0.717) is 17.6 Å². The number of hydrogen-bond acceptors (Lipinski definition) is 7. The van der Waals surface area contributed by atoms with E-state index >= 15 is 0 Å². The van der Waals surface area contributed by atoms with Crippen LogP contribution in [0.4, 0.5) is 0 Å². The lowest BCUT2D eigenvalue weighted by molar-refractivity contribution is 0.668. The Morgan fingerprint density at radius 3 is 1.60 bits per heavy atom. The maximum Gasteiger partial charge on any atom is 0.238 e. The van der Waals surface area contributed by atoms with Crippen molar-refractivity contribution >= 4 is 65.7 Å². The van der Waals surface area contributed by atoms with E-state index in [-0.39, 0.29) is 0 Å². The molecule has 0 saturated carbocycles. The highest BCUT2D eigenvalue weighted by molar-refractivity contribution is 6.12. The van der Waals surface area contributed by atoms with Crippen molar-refractivity contribution in [2.75, 3.05) is 0 Å². The van der Waals surface area contributed by atoms with Crippen LogP contribution in [0.2, 0.25) is 0 Å². The third kappa shape index (κ3) is 5.64. The number of benzene rings is 7. The van der Waals surface area contributed by atoms with Gasteiger partial charge in [-0.1, -0.05) is 109 Å². The molecule has 294 valence electrons. The number of fused-ring (bicyclic) bond motifs is 9. The molecule has 6 aromatic heterocycles. The van der Waals surface area contributed by atoms with Gasteiger partial charge in [-0.3, -0.25) is 14.5 Å². The fourth-order valence-corrected chi connectivity index (χ4v) is 9.02. The summed E-state index contributed by atoms with van der Waals surface area (Å²) < 4.78 is 10.6. The minimum atomic E-state index is 0.549. The molecule has 0 unspecified atom stereocenters. The van der Waals surface area contributed by atoms with Crippen molar-refractivity contribution in [2.45, 2.75) is 0 Å². The molecule has 9 nitrogen and oxygen atoms in total. The maximum atomic E-state index is 6.11. The lowest BCUT2D eigenvalue weighted by atomic mass is 10.1. The summed E-state index contributed by atoms with van der Waals surface area (Å²) in [7, 11) is 0. The van der Waals surface area contributed by atoms with E-state index in [1.807, 2.05) is 97.5 Å². The molecule has 0 spiro atoms. The predicted molar refractivity (Wildman–Crippen MR) is 251 cm³/mol. The second kappa shape index (κ2) is 13.9. The van der Waals surface area contributed by atoms with Crippen molar-refractivity contribution in [3.8, 4) is 56.9 Å². The van der Waals surface area contributed by atoms with E-state index < -0.39 is 0 Å². The summed E-state index contributed by atoms with van der Waals surface area (Å²) in [5, 5.41) is 5.41. The fraction of sp³-hybridized carbons (Fsp3) is 0. The average Bonchev–Trinajstić information content (AvgIpc) is 4.01. The molecule has 9 heteroatoms. The number of hydrogen-bond donors (Lipinski definition) is 0. The van der Waals surface area contributed by atoms with E-state index in [4.69, 9.17) is 29.3 Å². The first kappa shape index (κ1) is 35.0. The normalized spacial score (nSPS) is 11.8. The van der Waals surface area contributed by atoms with Gasteiger partial charge in [-0.2, -0.15) is 9.97 Å². The molecule has 0 aliphatic heterocycles. The molecule has 0 N–H and O–H groups in total. The third-order valence-electron chi connectivity index (χ3n) is 11.9. The van der Waals surface area contributed by atoms with E-state index in [2.05, 4.69) is 111 Å². The number of para-hydroxylation sites is 2. The Kier molecular flexibility index (Phi) is 7.70. The molecule has 0 bridgehead atoms. The fourth-order valence-electron chi connectivity index (χ4n) is 9.02. The summed E-state index contributed by atoms with van der Waals surface area (Å²) >= 11 is 0. The van der Waals surface area contributed by atoms with Crippen LogP contribution < -0.4 is 0 Å². The van der Waals surface area contributed by atoms with Crippen LogP contribution in [-0.2, 0) is 0 Å². The second-order valence-electron chi connectivity index (χ2n) is 15.6. The molecular formula is C54H32N8O. The maximum absolute atomic E-state index is 6.11. The minimum Gasteiger partial charge on any atom is -0.454 e. The summed E-state index contributed by atoms with van der Waals surface area (Å²) in [5.41, 5.74) is 13.0. The number of pyridine rings is 1. The highest BCUT2D eigenvalue weighted by Crippen LogP contribution is 2.38. The zero-order valence-corrected chi connectivity index (χ0v) is 33.5. The van der Waals surface area contributed by atoms with Crippen molar-refractivity contribution in [2.24, 2.45) is 0 Å². The molecule has 13 aromatic rings. The van der Waals surface area contributed by atoms with Crippen molar-refractivity contribution in [1.29, 1.82) is 0 Å². The number of nitrogens with zero attached hydrogens (tertiary/aromatic N) is 8. The van der Waals surface area contributed by atoms with Gasteiger partial charge in [0.1, 0.15) is 11.1 Å². The Morgan fingerprint density at radius 1 is 0.381 bits per heavy atom. The smallest absolute Gasteiger partial charge is 0.238 e. The van der Waals surface area contributed by atoms with E-state index in [1.165, 1.54) is 0 Å². The van der Waals surface area contributed by atoms with Crippen molar-refractivity contribution in [3.05, 3.63) is 195 Å². The Bertz CT molecular complexity index is 3870. The lowest BCUT2D eigenvalue weighted by Gasteiger charge is -2.11. The molecule has 13 rings (SSSR count). The van der Waals surface area contributed by atoms with E-state index in [1.54, 1.807) is 0 Å². The van der Waals surface area contributed by atoms with Gasteiger partial charge in [-0.05, 0) is 66.7 Å². The van der Waals surface area contributed by atoms with Crippen molar-refractivity contribution in [3.63, 3.8) is 0 Å². The Morgan fingerprint density at radius 2 is 0.952 bits per heavy atom. The Hall–Kier alpha value is -8.82. The van der Waals surface area contributed by atoms with Crippen molar-refractivity contribution < 1.29 is 4.42 Å². The number of rotatable bonds is 6. The quantitative estimate of drug-likeness (QED) is 0.165. The van der Waals surface area contributed by atoms with Crippen LogP contribution in [-0.4, -0.2) is 39.0 Å². The van der Waals surface area contributed by atoms with Gasteiger partial charge in [0, 0.05) is 61.1 Å². The molecule has 0 radical (unpaired) electrons. The first-order valence-corrected chi connectivity index (χ1v) is 20.8. The zero-order valence-electron chi connectivity index (χ0n) is 33.5. The summed E-state index contributed by atoms with van der Waals surface area (Å²) in [4.78, 5) is 29.7. The molecule has 63 heavy (non-hydrogen) atoms. The first-order valence-electron chi connectivity index (χ1n) is 20.8. The van der Waals surface area contributed by atoms with Gasteiger partial charge < -0.3 is 8.98 Å². The van der Waals surface area contributed by atoms with Crippen LogP contribution in [0.25, 0.3) is 123 Å². The molecule has 0 amide bonds. The lowest BCUT2D eigenvalue weighted by Crippen LogP contribution is -2.06. The molecular weight excluding hydrogens is 777 g/mol. The van der Waals surface area contributed by atoms with Crippen LogP contribution in [0.15, 0.2) is 199 Å². The van der Waals surface area contributed by atoms with Crippen LogP contribution in [0, 0.1) is 0 Å². The van der Waals surface area contributed by atoms with Crippen LogP contribution in [0.3, 0.4) is 0 Å². The van der Waals surface area contributed by atoms with Crippen LogP contribution in [0.5, 0.6) is 0 Å². The number of aromatic nitrogens is 8. The van der Waals surface area contributed by atoms with E-state index in [0.717, 1.165) is 105 Å². The molecule has 0 aliphatic carbocycles. The van der Waals surface area contributed by atoms with Gasteiger partial charge in [0.2, 0.25) is 5.95 Å². The first-order chi connectivity index (χ1) is 31.2. The molecule has 0 fully saturated rings. The highest BCUT2D eigenvalue weighted by Gasteiger charge is 2.20. The average molecular weight is 809 g/mol. The molecule has 0 aliphatic rings. The summed E-state index contributed by atoms with van der Waals surface area (Å²) in [6.07, 6.45) is 5.49. The third-order valence-corrected chi connectivity index (χ3v) is 11.9. The van der Waals surface area contributed by atoms with E-state index in [9.17, 15) is 0 Å². The largest absolute Gasteiger partial charge is 0.454 e. The van der Waals surface area contributed by atoms with Gasteiger partial charge in [0.25, 0.3) is 0 Å².